The summed E-state index contributed by atoms with van der Waals surface area (Å²) in [6.07, 6.45) is 2.74. The molecule has 0 aromatic rings. The summed E-state index contributed by atoms with van der Waals surface area (Å²) in [5.74, 6) is 0.735. The highest BCUT2D eigenvalue weighted by molar-refractivity contribution is 5.77. The largest absolute Gasteiger partial charge is 0.289 e. The van der Waals surface area contributed by atoms with Gasteiger partial charge in [0, 0.05) is 12.5 Å². The van der Waals surface area contributed by atoms with Gasteiger partial charge in [0.1, 0.15) is 5.83 Å². The highest BCUT2D eigenvalue weighted by Gasteiger charge is 2.02. The van der Waals surface area contributed by atoms with Crippen molar-refractivity contribution in [1.29, 1.82) is 0 Å². The van der Waals surface area contributed by atoms with Crippen LogP contribution in [0.5, 0.6) is 0 Å². The molecule has 0 saturated heterocycles. The van der Waals surface area contributed by atoms with Gasteiger partial charge in [0.25, 0.3) is 0 Å². The van der Waals surface area contributed by atoms with Crippen molar-refractivity contribution in [2.24, 2.45) is 4.99 Å². The molecule has 0 unspecified atom stereocenters. The van der Waals surface area contributed by atoms with E-state index >= 15 is 0 Å². The van der Waals surface area contributed by atoms with Gasteiger partial charge in [-0.2, -0.15) is 0 Å². The molecule has 1 radical (unpaired) electrons. The van der Waals surface area contributed by atoms with E-state index in [0.29, 0.717) is 6.54 Å². The average molecular weight is 112 g/mol. The molecule has 0 aromatic carbocycles. The smallest absolute Gasteiger partial charge is 0.137 e. The maximum absolute atomic E-state index is 12.1. The minimum absolute atomic E-state index is 0.242. The SMILES string of the molecule is C[C]1C=C(F)C=NC1. The predicted octanol–water partition coefficient (Wildman–Crippen LogP) is 1.52. The van der Waals surface area contributed by atoms with Gasteiger partial charge in [0.15, 0.2) is 0 Å². The highest BCUT2D eigenvalue weighted by Crippen LogP contribution is 2.09. The molecule has 0 aromatic heterocycles. The van der Waals surface area contributed by atoms with E-state index in [2.05, 4.69) is 4.99 Å². The van der Waals surface area contributed by atoms with Crippen LogP contribution in [0.2, 0.25) is 0 Å². The molecule has 1 aliphatic rings. The van der Waals surface area contributed by atoms with Crippen molar-refractivity contribution in [1.82, 2.24) is 0 Å². The molecule has 1 rings (SSSR count). The molecular formula is C6H7FN. The Morgan fingerprint density at radius 3 is 2.88 bits per heavy atom. The number of halogens is 1. The molecular weight excluding hydrogens is 105 g/mol. The lowest BCUT2D eigenvalue weighted by Gasteiger charge is -2.03. The number of hydrogen-bond acceptors (Lipinski definition) is 1. The molecule has 0 fully saturated rings. The fourth-order valence-electron chi connectivity index (χ4n) is 0.595. The summed E-state index contributed by atoms with van der Waals surface area (Å²) in [5.41, 5.74) is 0. The van der Waals surface area contributed by atoms with Crippen LogP contribution in [0.1, 0.15) is 6.92 Å². The third-order valence-corrected chi connectivity index (χ3v) is 0.940. The fourth-order valence-corrected chi connectivity index (χ4v) is 0.595. The van der Waals surface area contributed by atoms with Crippen LogP contribution in [-0.4, -0.2) is 12.8 Å². The monoisotopic (exact) mass is 112 g/mol. The Bertz CT molecular complexity index is 137. The van der Waals surface area contributed by atoms with Crippen molar-refractivity contribution in [3.05, 3.63) is 17.8 Å². The van der Waals surface area contributed by atoms with E-state index in [1.165, 1.54) is 12.3 Å². The van der Waals surface area contributed by atoms with Gasteiger partial charge in [-0.3, -0.25) is 4.99 Å². The normalized spacial score (nSPS) is 21.0. The molecule has 8 heavy (non-hydrogen) atoms. The standard InChI is InChI=1S/C6H7FN/c1-5-2-6(7)4-8-3-5/h2,4H,3H2,1H3. The molecule has 0 N–H and O–H groups in total. The number of hydrogen-bond donors (Lipinski definition) is 0. The summed E-state index contributed by atoms with van der Waals surface area (Å²) in [6, 6.07) is 0. The lowest BCUT2D eigenvalue weighted by atomic mass is 10.1. The summed E-state index contributed by atoms with van der Waals surface area (Å²) in [4.78, 5) is 3.73. The minimum Gasteiger partial charge on any atom is -0.289 e. The third-order valence-electron chi connectivity index (χ3n) is 0.940. The Kier molecular flexibility index (Phi) is 1.42. The maximum Gasteiger partial charge on any atom is 0.137 e. The summed E-state index contributed by atoms with van der Waals surface area (Å²) in [7, 11) is 0. The maximum atomic E-state index is 12.1. The molecule has 0 atom stereocenters. The summed E-state index contributed by atoms with van der Waals surface area (Å²) >= 11 is 0. The van der Waals surface area contributed by atoms with Gasteiger partial charge in [-0.15, -0.1) is 0 Å². The van der Waals surface area contributed by atoms with Crippen LogP contribution in [0, 0.1) is 5.92 Å². The molecule has 1 heterocycles. The summed E-state index contributed by atoms with van der Waals surface area (Å²) in [6.45, 7) is 2.50. The van der Waals surface area contributed by atoms with Crippen LogP contribution in [0.3, 0.4) is 0 Å². The van der Waals surface area contributed by atoms with E-state index in [0.717, 1.165) is 5.92 Å². The fraction of sp³-hybridized carbons (Fsp3) is 0.333. The second-order valence-electron chi connectivity index (χ2n) is 1.85. The van der Waals surface area contributed by atoms with Crippen molar-refractivity contribution >= 4 is 6.21 Å². The number of allylic oxidation sites excluding steroid dienone is 1. The summed E-state index contributed by atoms with van der Waals surface area (Å²) < 4.78 is 12.1. The van der Waals surface area contributed by atoms with E-state index in [1.54, 1.807) is 0 Å². The number of rotatable bonds is 0. The van der Waals surface area contributed by atoms with Gasteiger partial charge >= 0.3 is 0 Å². The minimum atomic E-state index is -0.242. The van der Waals surface area contributed by atoms with Crippen molar-refractivity contribution < 1.29 is 4.39 Å². The molecule has 1 nitrogen and oxygen atoms in total. The van der Waals surface area contributed by atoms with E-state index in [4.69, 9.17) is 0 Å². The predicted molar refractivity (Wildman–Crippen MR) is 31.5 cm³/mol. The second-order valence-corrected chi connectivity index (χ2v) is 1.85. The molecule has 0 bridgehead atoms. The Balaban J connectivity index is 2.63. The van der Waals surface area contributed by atoms with Crippen LogP contribution >= 0.6 is 0 Å². The van der Waals surface area contributed by atoms with Gasteiger partial charge in [0.2, 0.25) is 0 Å². The molecule has 0 saturated carbocycles. The van der Waals surface area contributed by atoms with Gasteiger partial charge in [0.05, 0.1) is 6.21 Å². The molecule has 0 aliphatic carbocycles. The lowest BCUT2D eigenvalue weighted by Crippen LogP contribution is -1.98. The topological polar surface area (TPSA) is 12.4 Å². The number of aliphatic imine (C=N–C) groups is 1. The zero-order valence-electron chi connectivity index (χ0n) is 4.69. The first-order valence-electron chi connectivity index (χ1n) is 2.48. The first kappa shape index (κ1) is 5.48. The molecule has 0 amide bonds. The first-order valence-corrected chi connectivity index (χ1v) is 2.48. The Morgan fingerprint density at radius 2 is 2.50 bits per heavy atom. The van der Waals surface area contributed by atoms with Crippen LogP contribution in [0.4, 0.5) is 4.39 Å². The third kappa shape index (κ3) is 1.15. The van der Waals surface area contributed by atoms with E-state index in [1.807, 2.05) is 6.92 Å². The van der Waals surface area contributed by atoms with Crippen molar-refractivity contribution in [3.8, 4) is 0 Å². The molecule has 43 valence electrons. The van der Waals surface area contributed by atoms with Crippen LogP contribution < -0.4 is 0 Å². The van der Waals surface area contributed by atoms with Crippen LogP contribution in [0.15, 0.2) is 16.9 Å². The van der Waals surface area contributed by atoms with Crippen molar-refractivity contribution in [2.75, 3.05) is 6.54 Å². The first-order chi connectivity index (χ1) is 3.79. The molecule has 0 spiro atoms. The highest BCUT2D eigenvalue weighted by atomic mass is 19.1. The zero-order valence-corrected chi connectivity index (χ0v) is 4.69. The van der Waals surface area contributed by atoms with Crippen LogP contribution in [0.25, 0.3) is 0 Å². The Hall–Kier alpha value is -0.660. The second kappa shape index (κ2) is 2.07. The van der Waals surface area contributed by atoms with Gasteiger partial charge in [-0.25, -0.2) is 4.39 Å². The van der Waals surface area contributed by atoms with E-state index in [-0.39, 0.29) is 5.83 Å². The van der Waals surface area contributed by atoms with Crippen LogP contribution in [-0.2, 0) is 0 Å². The Morgan fingerprint density at radius 1 is 1.75 bits per heavy atom. The average Bonchev–Trinajstić information content (AvgIpc) is 1.64. The van der Waals surface area contributed by atoms with E-state index in [9.17, 15) is 4.39 Å². The quantitative estimate of drug-likeness (QED) is 0.450. The van der Waals surface area contributed by atoms with Crippen molar-refractivity contribution in [2.45, 2.75) is 6.92 Å². The Labute approximate surface area is 47.9 Å². The zero-order chi connectivity index (χ0) is 5.98. The lowest BCUT2D eigenvalue weighted by molar-refractivity contribution is 0.675. The molecule has 1 aliphatic heterocycles. The van der Waals surface area contributed by atoms with Gasteiger partial charge in [-0.05, 0) is 6.08 Å². The number of dihydropyridines is 1. The number of nitrogens with zero attached hydrogens (tertiary/aromatic N) is 1. The molecule has 2 heteroatoms. The van der Waals surface area contributed by atoms with E-state index < -0.39 is 0 Å². The van der Waals surface area contributed by atoms with Gasteiger partial charge < -0.3 is 0 Å². The van der Waals surface area contributed by atoms with Gasteiger partial charge in [-0.1, -0.05) is 6.92 Å². The summed E-state index contributed by atoms with van der Waals surface area (Å²) in [5, 5.41) is 0. The van der Waals surface area contributed by atoms with Crippen molar-refractivity contribution in [3.63, 3.8) is 0 Å².